The molecule has 20 heavy (non-hydrogen) atoms. The van der Waals surface area contributed by atoms with Gasteiger partial charge in [0.25, 0.3) is 0 Å². The third-order valence-corrected chi connectivity index (χ3v) is 2.62. The minimum Gasteiger partial charge on any atom is -0.479 e. The van der Waals surface area contributed by atoms with E-state index < -0.39 is 5.97 Å². The van der Waals surface area contributed by atoms with E-state index >= 15 is 0 Å². The molecule has 0 saturated heterocycles. The highest BCUT2D eigenvalue weighted by atomic mass is 16.5. The van der Waals surface area contributed by atoms with Gasteiger partial charge in [0.1, 0.15) is 23.0 Å². The fraction of sp³-hybridized carbons (Fsp3) is 0.214. The van der Waals surface area contributed by atoms with E-state index in [0.29, 0.717) is 17.2 Å². The number of ether oxygens (including phenoxy) is 2. The van der Waals surface area contributed by atoms with Gasteiger partial charge in [-0.3, -0.25) is 4.40 Å². The molecule has 0 bridgehead atoms. The van der Waals surface area contributed by atoms with Gasteiger partial charge in [0, 0.05) is 6.20 Å². The van der Waals surface area contributed by atoms with Crippen molar-refractivity contribution in [1.29, 1.82) is 5.26 Å². The fourth-order valence-corrected chi connectivity index (χ4v) is 1.76. The first-order chi connectivity index (χ1) is 9.71. The molecule has 0 saturated carbocycles. The number of hydrogen-bond donors (Lipinski definition) is 0. The Kier molecular flexibility index (Phi) is 4.01. The summed E-state index contributed by atoms with van der Waals surface area (Å²) in [7, 11) is 1.48. The standard InChI is InChI=1S/C14H13N3O3/c1-3-20-14(18)10(9-15)8-11-13(19-2)16-12-6-4-5-7-17(11)12/h4-8H,3H2,1-2H3. The summed E-state index contributed by atoms with van der Waals surface area (Å²) in [5.74, 6) is -0.323. The van der Waals surface area contributed by atoms with Crippen LogP contribution in [-0.2, 0) is 9.53 Å². The Morgan fingerprint density at radius 3 is 3.00 bits per heavy atom. The number of methoxy groups -OCH3 is 1. The molecule has 0 aliphatic carbocycles. The Morgan fingerprint density at radius 2 is 2.35 bits per heavy atom. The van der Waals surface area contributed by atoms with E-state index in [4.69, 9.17) is 14.7 Å². The third-order valence-electron chi connectivity index (χ3n) is 2.62. The molecule has 2 rings (SSSR count). The Labute approximate surface area is 115 Å². The molecule has 0 aliphatic rings. The molecule has 0 atom stereocenters. The first kappa shape index (κ1) is 13.6. The predicted molar refractivity (Wildman–Crippen MR) is 72.0 cm³/mol. The summed E-state index contributed by atoms with van der Waals surface area (Å²) >= 11 is 0. The first-order valence-electron chi connectivity index (χ1n) is 6.01. The second-order valence-electron chi connectivity index (χ2n) is 3.83. The van der Waals surface area contributed by atoms with Gasteiger partial charge >= 0.3 is 5.97 Å². The van der Waals surface area contributed by atoms with Gasteiger partial charge in [-0.15, -0.1) is 0 Å². The number of aromatic nitrogens is 2. The molecule has 0 radical (unpaired) electrons. The molecule has 2 aromatic rings. The fourth-order valence-electron chi connectivity index (χ4n) is 1.76. The number of rotatable bonds is 4. The summed E-state index contributed by atoms with van der Waals surface area (Å²) in [6.45, 7) is 1.89. The van der Waals surface area contributed by atoms with Crippen molar-refractivity contribution in [1.82, 2.24) is 9.38 Å². The Bertz CT molecular complexity index is 710. The smallest absolute Gasteiger partial charge is 0.348 e. The normalized spacial score (nSPS) is 11.2. The summed E-state index contributed by atoms with van der Waals surface area (Å²) in [5.41, 5.74) is 1.08. The number of esters is 1. The zero-order chi connectivity index (χ0) is 14.5. The van der Waals surface area contributed by atoms with Crippen LogP contribution in [0.2, 0.25) is 0 Å². The van der Waals surface area contributed by atoms with Crippen LogP contribution in [0.3, 0.4) is 0 Å². The molecule has 0 aliphatic heterocycles. The van der Waals surface area contributed by atoms with Crippen molar-refractivity contribution in [2.24, 2.45) is 0 Å². The van der Waals surface area contributed by atoms with Gasteiger partial charge in [-0.25, -0.2) is 4.79 Å². The lowest BCUT2D eigenvalue weighted by molar-refractivity contribution is -0.137. The largest absolute Gasteiger partial charge is 0.479 e. The molecule has 0 fully saturated rings. The number of carbonyl (C=O) groups is 1. The van der Waals surface area contributed by atoms with Crippen molar-refractivity contribution in [3.63, 3.8) is 0 Å². The molecule has 0 spiro atoms. The highest BCUT2D eigenvalue weighted by Crippen LogP contribution is 2.22. The summed E-state index contributed by atoms with van der Waals surface area (Å²) < 4.78 is 11.7. The number of pyridine rings is 1. The van der Waals surface area contributed by atoms with Crippen molar-refractivity contribution >= 4 is 17.7 Å². The first-order valence-corrected chi connectivity index (χ1v) is 6.01. The monoisotopic (exact) mass is 271 g/mol. The molecule has 2 heterocycles. The molecule has 102 valence electrons. The lowest BCUT2D eigenvalue weighted by Crippen LogP contribution is -2.06. The van der Waals surface area contributed by atoms with Crippen molar-refractivity contribution in [3.8, 4) is 11.9 Å². The highest BCUT2D eigenvalue weighted by molar-refractivity contribution is 5.98. The average molecular weight is 271 g/mol. The minimum atomic E-state index is -0.664. The van der Waals surface area contributed by atoms with Crippen LogP contribution >= 0.6 is 0 Å². The lowest BCUT2D eigenvalue weighted by Gasteiger charge is -2.01. The van der Waals surface area contributed by atoms with Crippen LogP contribution in [0.15, 0.2) is 30.0 Å². The number of nitriles is 1. The quantitative estimate of drug-likeness (QED) is 0.481. The highest BCUT2D eigenvalue weighted by Gasteiger charge is 2.15. The summed E-state index contributed by atoms with van der Waals surface area (Å²) in [6.07, 6.45) is 3.19. The molecule has 6 nitrogen and oxygen atoms in total. The zero-order valence-corrected chi connectivity index (χ0v) is 11.2. The van der Waals surface area contributed by atoms with Gasteiger partial charge in [-0.1, -0.05) is 6.07 Å². The number of carbonyl (C=O) groups excluding carboxylic acids is 1. The van der Waals surface area contributed by atoms with E-state index in [1.165, 1.54) is 13.2 Å². The predicted octanol–water partition coefficient (Wildman–Crippen LogP) is 1.81. The molecule has 0 N–H and O–H groups in total. The SMILES string of the molecule is CCOC(=O)C(C#N)=Cc1c(OC)nc2ccccn12. The van der Waals surface area contributed by atoms with Gasteiger partial charge < -0.3 is 9.47 Å². The molecule has 6 heteroatoms. The number of nitrogens with zero attached hydrogens (tertiary/aromatic N) is 3. The minimum absolute atomic E-state index is 0.101. The van der Waals surface area contributed by atoms with E-state index in [1.807, 2.05) is 18.2 Å². The van der Waals surface area contributed by atoms with E-state index in [0.717, 1.165) is 0 Å². The maximum Gasteiger partial charge on any atom is 0.348 e. The van der Waals surface area contributed by atoms with Crippen LogP contribution < -0.4 is 4.74 Å². The molecular weight excluding hydrogens is 258 g/mol. The van der Waals surface area contributed by atoms with Crippen LogP contribution in [-0.4, -0.2) is 29.1 Å². The second kappa shape index (κ2) is 5.89. The maximum absolute atomic E-state index is 11.7. The topological polar surface area (TPSA) is 76.6 Å². The van der Waals surface area contributed by atoms with Crippen molar-refractivity contribution in [2.75, 3.05) is 13.7 Å². The zero-order valence-electron chi connectivity index (χ0n) is 11.2. The Hall–Kier alpha value is -2.81. The maximum atomic E-state index is 11.7. The summed E-state index contributed by atoms with van der Waals surface area (Å²) in [6, 6.07) is 7.29. The Balaban J connectivity index is 2.56. The van der Waals surface area contributed by atoms with Crippen LogP contribution in [0.25, 0.3) is 11.7 Å². The van der Waals surface area contributed by atoms with Crippen LogP contribution in [0.4, 0.5) is 0 Å². The molecular formula is C14H13N3O3. The van der Waals surface area contributed by atoms with Crippen molar-refractivity contribution in [3.05, 3.63) is 35.7 Å². The number of fused-ring (bicyclic) bond motifs is 1. The average Bonchev–Trinajstić information content (AvgIpc) is 2.82. The number of imidazole rings is 1. The van der Waals surface area contributed by atoms with Crippen LogP contribution in [0.5, 0.6) is 5.88 Å². The van der Waals surface area contributed by atoms with E-state index in [-0.39, 0.29) is 12.2 Å². The third kappa shape index (κ3) is 2.47. The van der Waals surface area contributed by atoms with E-state index in [1.54, 1.807) is 23.6 Å². The number of hydrogen-bond acceptors (Lipinski definition) is 5. The van der Waals surface area contributed by atoms with Crippen LogP contribution in [0, 0.1) is 11.3 Å². The van der Waals surface area contributed by atoms with Gasteiger partial charge in [-0.05, 0) is 25.1 Å². The summed E-state index contributed by atoms with van der Waals surface area (Å²) in [5, 5.41) is 9.07. The van der Waals surface area contributed by atoms with Gasteiger partial charge in [0.2, 0.25) is 5.88 Å². The van der Waals surface area contributed by atoms with Gasteiger partial charge in [-0.2, -0.15) is 10.2 Å². The van der Waals surface area contributed by atoms with Crippen LogP contribution in [0.1, 0.15) is 12.6 Å². The lowest BCUT2D eigenvalue weighted by atomic mass is 10.2. The second-order valence-corrected chi connectivity index (χ2v) is 3.83. The van der Waals surface area contributed by atoms with Gasteiger partial charge in [0.15, 0.2) is 0 Å². The molecule has 0 amide bonds. The molecule has 0 aromatic carbocycles. The molecule has 2 aromatic heterocycles. The Morgan fingerprint density at radius 1 is 1.55 bits per heavy atom. The summed E-state index contributed by atoms with van der Waals surface area (Å²) in [4.78, 5) is 15.9. The van der Waals surface area contributed by atoms with Crippen molar-refractivity contribution < 1.29 is 14.3 Å². The van der Waals surface area contributed by atoms with E-state index in [9.17, 15) is 4.79 Å². The molecule has 0 unspecified atom stereocenters. The van der Waals surface area contributed by atoms with Crippen molar-refractivity contribution in [2.45, 2.75) is 6.92 Å². The van der Waals surface area contributed by atoms with E-state index in [2.05, 4.69) is 4.98 Å². The van der Waals surface area contributed by atoms with Gasteiger partial charge in [0.05, 0.1) is 13.7 Å².